The van der Waals surface area contributed by atoms with Gasteiger partial charge in [0, 0.05) is 35.0 Å². The number of fused-ring (bicyclic) bond motifs is 1. The number of hydrogen-bond donors (Lipinski definition) is 2. The van der Waals surface area contributed by atoms with Crippen molar-refractivity contribution in [1.82, 2.24) is 9.88 Å². The van der Waals surface area contributed by atoms with Crippen LogP contribution in [0.5, 0.6) is 5.75 Å². The second-order valence-electron chi connectivity index (χ2n) is 6.19. The Kier molecular flexibility index (Phi) is 5.27. The molecule has 2 aromatic heterocycles. The fourth-order valence-electron chi connectivity index (χ4n) is 2.89. The van der Waals surface area contributed by atoms with Gasteiger partial charge in [-0.15, -0.1) is 0 Å². The highest BCUT2D eigenvalue weighted by atomic mass is 32.1. The highest BCUT2D eigenvalue weighted by Crippen LogP contribution is 2.29. The van der Waals surface area contributed by atoms with Crippen LogP contribution in [0.4, 0.5) is 15.6 Å². The number of ether oxygens (including phenoxy) is 1. The van der Waals surface area contributed by atoms with Crippen molar-refractivity contribution in [3.8, 4) is 5.75 Å². The molecule has 1 aliphatic heterocycles. The number of thiazole rings is 1. The average Bonchev–Trinajstić information content (AvgIpc) is 3.37. The number of thiophene rings is 1. The second-order valence-corrected chi connectivity index (χ2v) is 8.05. The van der Waals surface area contributed by atoms with E-state index in [2.05, 4.69) is 15.6 Å². The number of carbonyl (C=O) groups is 2. The maximum absolute atomic E-state index is 12.6. The van der Waals surface area contributed by atoms with Gasteiger partial charge in [-0.1, -0.05) is 17.4 Å². The molecule has 0 bridgehead atoms. The van der Waals surface area contributed by atoms with Crippen molar-refractivity contribution < 1.29 is 14.3 Å². The summed E-state index contributed by atoms with van der Waals surface area (Å²) in [5.41, 5.74) is 2.25. The van der Waals surface area contributed by atoms with E-state index in [0.29, 0.717) is 41.6 Å². The molecule has 2 N–H and O–H groups in total. The Morgan fingerprint density at radius 2 is 2.14 bits per heavy atom. The van der Waals surface area contributed by atoms with Gasteiger partial charge >= 0.3 is 6.03 Å². The van der Waals surface area contributed by atoms with E-state index in [4.69, 9.17) is 4.74 Å². The number of nitrogens with zero attached hydrogens (tertiary/aromatic N) is 2. The van der Waals surface area contributed by atoms with Gasteiger partial charge in [0.15, 0.2) is 5.13 Å². The highest BCUT2D eigenvalue weighted by Gasteiger charge is 2.25. The van der Waals surface area contributed by atoms with Crippen LogP contribution in [0.2, 0.25) is 0 Å². The number of nitrogens with one attached hydrogen (secondary N) is 2. The van der Waals surface area contributed by atoms with E-state index in [1.807, 2.05) is 23.6 Å². The van der Waals surface area contributed by atoms with Gasteiger partial charge in [-0.2, -0.15) is 11.3 Å². The Morgan fingerprint density at radius 3 is 2.93 bits per heavy atom. The largest absolute Gasteiger partial charge is 0.497 e. The van der Waals surface area contributed by atoms with Crippen LogP contribution in [0.1, 0.15) is 20.9 Å². The number of aromatic nitrogens is 1. The summed E-state index contributed by atoms with van der Waals surface area (Å²) >= 11 is 2.89. The van der Waals surface area contributed by atoms with Crippen LogP contribution in [0.3, 0.4) is 0 Å². The molecule has 0 atom stereocenters. The van der Waals surface area contributed by atoms with Gasteiger partial charge in [-0.25, -0.2) is 9.78 Å². The quantitative estimate of drug-likeness (QED) is 0.674. The third-order valence-electron chi connectivity index (χ3n) is 4.34. The van der Waals surface area contributed by atoms with Crippen LogP contribution in [0.25, 0.3) is 0 Å². The number of rotatable bonds is 4. The van der Waals surface area contributed by atoms with Gasteiger partial charge in [0.25, 0.3) is 5.91 Å². The lowest BCUT2D eigenvalue weighted by atomic mass is 10.2. The topological polar surface area (TPSA) is 83.6 Å². The van der Waals surface area contributed by atoms with Gasteiger partial charge in [0.05, 0.1) is 24.9 Å². The standard InChI is InChI=1S/C19H18N4O3S2/c1-26-14-4-2-3-13(9-14)20-19(25)23-7-5-15-16(10-23)28-18(21-15)22-17(24)12-6-8-27-11-12/h2-4,6,8-9,11H,5,7,10H2,1H3,(H,20,25)(H,21,22,24). The number of hydrogen-bond acceptors (Lipinski definition) is 6. The number of methoxy groups -OCH3 is 1. The first-order chi connectivity index (χ1) is 13.6. The molecule has 0 aliphatic carbocycles. The van der Waals surface area contributed by atoms with Crippen LogP contribution in [0.15, 0.2) is 41.1 Å². The summed E-state index contributed by atoms with van der Waals surface area (Å²) in [5.74, 6) is 0.521. The zero-order valence-corrected chi connectivity index (χ0v) is 16.7. The lowest BCUT2D eigenvalue weighted by molar-refractivity contribution is 0.102. The van der Waals surface area contributed by atoms with Crippen molar-refractivity contribution in [2.75, 3.05) is 24.3 Å². The molecule has 144 valence electrons. The summed E-state index contributed by atoms with van der Waals surface area (Å²) in [5, 5.41) is 9.96. The monoisotopic (exact) mass is 414 g/mol. The van der Waals surface area contributed by atoms with Crippen LogP contribution < -0.4 is 15.4 Å². The van der Waals surface area contributed by atoms with Crippen molar-refractivity contribution in [1.29, 1.82) is 0 Å². The number of carbonyl (C=O) groups excluding carboxylic acids is 2. The first-order valence-corrected chi connectivity index (χ1v) is 10.4. The minimum absolute atomic E-state index is 0.167. The van der Waals surface area contributed by atoms with Crippen molar-refractivity contribution in [3.63, 3.8) is 0 Å². The summed E-state index contributed by atoms with van der Waals surface area (Å²) in [7, 11) is 1.59. The molecule has 0 spiro atoms. The van der Waals surface area contributed by atoms with Crippen molar-refractivity contribution in [2.24, 2.45) is 0 Å². The summed E-state index contributed by atoms with van der Waals surface area (Å²) in [6.45, 7) is 1.04. The van der Waals surface area contributed by atoms with Crippen LogP contribution >= 0.6 is 22.7 Å². The van der Waals surface area contributed by atoms with Crippen molar-refractivity contribution in [2.45, 2.75) is 13.0 Å². The van der Waals surface area contributed by atoms with Gasteiger partial charge < -0.3 is 15.0 Å². The molecule has 3 aromatic rings. The highest BCUT2D eigenvalue weighted by molar-refractivity contribution is 7.16. The zero-order valence-electron chi connectivity index (χ0n) is 15.1. The summed E-state index contributed by atoms with van der Waals surface area (Å²) in [6, 6.07) is 8.85. The van der Waals surface area contributed by atoms with E-state index in [0.717, 1.165) is 10.6 Å². The smallest absolute Gasteiger partial charge is 0.322 e. The fourth-order valence-corrected chi connectivity index (χ4v) is 4.54. The van der Waals surface area contributed by atoms with Crippen LogP contribution in [-0.2, 0) is 13.0 Å². The molecule has 9 heteroatoms. The number of amides is 3. The van der Waals surface area contributed by atoms with Gasteiger partial charge in [0.1, 0.15) is 5.75 Å². The molecular weight excluding hydrogens is 396 g/mol. The lowest BCUT2D eigenvalue weighted by Gasteiger charge is -2.26. The molecule has 1 aromatic carbocycles. The fraction of sp³-hybridized carbons (Fsp3) is 0.211. The van der Waals surface area contributed by atoms with Crippen molar-refractivity contribution >= 4 is 45.4 Å². The third-order valence-corrected chi connectivity index (χ3v) is 6.02. The molecule has 1 aliphatic rings. The maximum atomic E-state index is 12.6. The second kappa shape index (κ2) is 7.99. The SMILES string of the molecule is COc1cccc(NC(=O)N2CCc3nc(NC(=O)c4ccsc4)sc3C2)c1. The van der Waals surface area contributed by atoms with Gasteiger partial charge in [0.2, 0.25) is 0 Å². The summed E-state index contributed by atoms with van der Waals surface area (Å²) in [4.78, 5) is 32.1. The van der Waals surface area contributed by atoms with E-state index >= 15 is 0 Å². The van der Waals surface area contributed by atoms with Crippen LogP contribution in [-0.4, -0.2) is 35.5 Å². The van der Waals surface area contributed by atoms with Gasteiger partial charge in [-0.05, 0) is 23.6 Å². The minimum atomic E-state index is -0.170. The van der Waals surface area contributed by atoms with E-state index in [9.17, 15) is 9.59 Å². The summed E-state index contributed by atoms with van der Waals surface area (Å²) in [6.07, 6.45) is 0.658. The number of benzene rings is 1. The molecule has 0 fully saturated rings. The molecule has 0 radical (unpaired) electrons. The molecule has 7 nitrogen and oxygen atoms in total. The molecule has 0 saturated carbocycles. The Hall–Kier alpha value is -2.91. The number of anilines is 2. The molecular formula is C19H18N4O3S2. The minimum Gasteiger partial charge on any atom is -0.497 e. The summed E-state index contributed by atoms with van der Waals surface area (Å²) < 4.78 is 5.18. The molecule has 3 heterocycles. The predicted molar refractivity (Wildman–Crippen MR) is 111 cm³/mol. The number of urea groups is 1. The third kappa shape index (κ3) is 4.00. The molecule has 3 amide bonds. The maximum Gasteiger partial charge on any atom is 0.322 e. The van der Waals surface area contributed by atoms with Gasteiger partial charge in [-0.3, -0.25) is 10.1 Å². The van der Waals surface area contributed by atoms with E-state index in [1.165, 1.54) is 22.7 Å². The molecule has 4 rings (SSSR count). The molecule has 28 heavy (non-hydrogen) atoms. The van der Waals surface area contributed by atoms with E-state index in [-0.39, 0.29) is 11.9 Å². The molecule has 0 saturated heterocycles. The lowest BCUT2D eigenvalue weighted by Crippen LogP contribution is -2.38. The normalized spacial score (nSPS) is 13.0. The van der Waals surface area contributed by atoms with E-state index < -0.39 is 0 Å². The Balaban J connectivity index is 1.41. The van der Waals surface area contributed by atoms with E-state index in [1.54, 1.807) is 29.5 Å². The first kappa shape index (κ1) is 18.5. The predicted octanol–water partition coefficient (Wildman–Crippen LogP) is 4.06. The Bertz CT molecular complexity index is 1000. The van der Waals surface area contributed by atoms with Crippen molar-refractivity contribution in [3.05, 3.63) is 57.2 Å². The van der Waals surface area contributed by atoms with Crippen LogP contribution in [0, 0.1) is 0 Å². The molecule has 0 unspecified atom stereocenters. The average molecular weight is 415 g/mol. The Morgan fingerprint density at radius 1 is 1.25 bits per heavy atom. The first-order valence-electron chi connectivity index (χ1n) is 8.64. The Labute approximate surface area is 170 Å². The zero-order chi connectivity index (χ0) is 19.5.